The molecule has 0 radical (unpaired) electrons. The lowest BCUT2D eigenvalue weighted by molar-refractivity contribution is 0.0526. The van der Waals surface area contributed by atoms with Gasteiger partial charge in [0, 0.05) is 24.2 Å². The van der Waals surface area contributed by atoms with Gasteiger partial charge in [0.15, 0.2) is 0 Å². The first-order valence-electron chi connectivity index (χ1n) is 9.73. The minimum atomic E-state index is -0.392. The van der Waals surface area contributed by atoms with E-state index in [1.165, 1.54) is 12.1 Å². The zero-order chi connectivity index (χ0) is 19.4. The molecule has 4 nitrogen and oxygen atoms in total. The highest BCUT2D eigenvalue weighted by Gasteiger charge is 2.50. The van der Waals surface area contributed by atoms with Gasteiger partial charge < -0.3 is 9.64 Å². The lowest BCUT2D eigenvalue weighted by Gasteiger charge is -2.39. The van der Waals surface area contributed by atoms with Crippen LogP contribution in [0.1, 0.15) is 57.3 Å². The molecule has 2 aromatic rings. The number of nitrogens with zero attached hydrogens (tertiary/aromatic N) is 2. The van der Waals surface area contributed by atoms with Crippen LogP contribution in [0.25, 0.3) is 10.9 Å². The first-order chi connectivity index (χ1) is 12.7. The quantitative estimate of drug-likeness (QED) is 0.717. The maximum absolute atomic E-state index is 14.1. The molecule has 0 unspecified atom stereocenters. The fraction of sp³-hybridized carbons (Fsp3) is 0.545. The Balaban J connectivity index is 1.90. The molecule has 2 heterocycles. The van der Waals surface area contributed by atoms with Crippen molar-refractivity contribution in [3.8, 4) is 0 Å². The van der Waals surface area contributed by atoms with E-state index in [-0.39, 0.29) is 16.6 Å². The van der Waals surface area contributed by atoms with E-state index < -0.39 is 5.97 Å². The first-order valence-corrected chi connectivity index (χ1v) is 9.73. The van der Waals surface area contributed by atoms with Gasteiger partial charge in [0.05, 0.1) is 17.8 Å². The predicted molar refractivity (Wildman–Crippen MR) is 105 cm³/mol. The monoisotopic (exact) mass is 370 g/mol. The predicted octanol–water partition coefficient (Wildman–Crippen LogP) is 4.96. The summed E-state index contributed by atoms with van der Waals surface area (Å²) in [6, 6.07) is 4.92. The largest absolute Gasteiger partial charge is 0.462 e. The summed E-state index contributed by atoms with van der Waals surface area (Å²) in [5.41, 5.74) is 2.37. The van der Waals surface area contributed by atoms with Crippen LogP contribution in [0.15, 0.2) is 24.4 Å². The molecular formula is C22H27FN2O2. The van der Waals surface area contributed by atoms with Crippen LogP contribution >= 0.6 is 0 Å². The van der Waals surface area contributed by atoms with Crippen LogP contribution in [-0.2, 0) is 4.74 Å². The van der Waals surface area contributed by atoms with E-state index in [4.69, 9.17) is 4.74 Å². The molecule has 2 bridgehead atoms. The van der Waals surface area contributed by atoms with Crippen molar-refractivity contribution in [3.05, 3.63) is 35.8 Å². The van der Waals surface area contributed by atoms with Crippen molar-refractivity contribution >= 4 is 22.6 Å². The summed E-state index contributed by atoms with van der Waals surface area (Å²) in [6.45, 7) is 9.92. The number of carbonyl (C=O) groups excluding carboxylic acids is 1. The van der Waals surface area contributed by atoms with Gasteiger partial charge in [-0.3, -0.25) is 4.98 Å². The number of halogens is 1. The number of fused-ring (bicyclic) bond motifs is 3. The second kappa shape index (κ2) is 6.18. The zero-order valence-corrected chi connectivity index (χ0v) is 16.5. The van der Waals surface area contributed by atoms with Crippen molar-refractivity contribution in [2.45, 2.75) is 53.0 Å². The van der Waals surface area contributed by atoms with E-state index in [1.54, 1.807) is 19.2 Å². The third-order valence-electron chi connectivity index (χ3n) is 6.00. The molecule has 2 fully saturated rings. The van der Waals surface area contributed by atoms with Gasteiger partial charge >= 0.3 is 5.97 Å². The van der Waals surface area contributed by atoms with Gasteiger partial charge in [-0.15, -0.1) is 0 Å². The zero-order valence-electron chi connectivity index (χ0n) is 16.5. The van der Waals surface area contributed by atoms with Crippen LogP contribution in [-0.4, -0.2) is 30.1 Å². The minimum absolute atomic E-state index is 0.196. The average Bonchev–Trinajstić information content (AvgIpc) is 2.82. The van der Waals surface area contributed by atoms with Crippen molar-refractivity contribution in [2.75, 3.05) is 18.1 Å². The van der Waals surface area contributed by atoms with E-state index in [0.29, 0.717) is 29.1 Å². The number of hydrogen-bond donors (Lipinski definition) is 0. The lowest BCUT2D eigenvalue weighted by Crippen LogP contribution is -2.35. The molecule has 0 amide bonds. The first kappa shape index (κ1) is 18.2. The molecule has 27 heavy (non-hydrogen) atoms. The van der Waals surface area contributed by atoms with Crippen molar-refractivity contribution in [1.29, 1.82) is 0 Å². The van der Waals surface area contributed by atoms with Crippen molar-refractivity contribution in [1.82, 2.24) is 4.98 Å². The van der Waals surface area contributed by atoms with Gasteiger partial charge in [0.2, 0.25) is 0 Å². The van der Waals surface area contributed by atoms with Gasteiger partial charge in [-0.1, -0.05) is 20.8 Å². The highest BCUT2D eigenvalue weighted by Crippen LogP contribution is 2.54. The molecule has 2 aliphatic rings. The summed E-state index contributed by atoms with van der Waals surface area (Å²) in [7, 11) is 0. The Hall–Kier alpha value is -2.17. The average molecular weight is 370 g/mol. The molecule has 1 saturated carbocycles. The van der Waals surface area contributed by atoms with Gasteiger partial charge in [0.1, 0.15) is 11.4 Å². The number of carbonyl (C=O) groups is 1. The molecular weight excluding hydrogens is 343 g/mol. The van der Waals surface area contributed by atoms with Crippen LogP contribution in [0.2, 0.25) is 0 Å². The second-order valence-corrected chi connectivity index (χ2v) is 9.24. The highest BCUT2D eigenvalue weighted by molar-refractivity contribution is 6.05. The summed E-state index contributed by atoms with van der Waals surface area (Å²) in [5.74, 6) is -0.711. The number of rotatable bonds is 3. The molecule has 144 valence electrons. The third-order valence-corrected chi connectivity index (χ3v) is 6.00. The molecule has 1 aliphatic carbocycles. The van der Waals surface area contributed by atoms with Crippen LogP contribution in [0.3, 0.4) is 0 Å². The van der Waals surface area contributed by atoms with Gasteiger partial charge in [-0.2, -0.15) is 0 Å². The fourth-order valence-corrected chi connectivity index (χ4v) is 5.54. The highest BCUT2D eigenvalue weighted by atomic mass is 19.1. The number of ether oxygens (including phenoxy) is 1. The summed E-state index contributed by atoms with van der Waals surface area (Å²) in [5, 5.41) is 0.689. The van der Waals surface area contributed by atoms with Crippen LogP contribution in [0, 0.1) is 16.6 Å². The Morgan fingerprint density at radius 2 is 2.11 bits per heavy atom. The maximum atomic E-state index is 14.1. The van der Waals surface area contributed by atoms with E-state index in [1.807, 2.05) is 0 Å². The number of pyridine rings is 1. The van der Waals surface area contributed by atoms with E-state index in [0.717, 1.165) is 31.5 Å². The second-order valence-electron chi connectivity index (χ2n) is 9.24. The van der Waals surface area contributed by atoms with Crippen LogP contribution in [0.4, 0.5) is 10.1 Å². The number of aromatic nitrogens is 1. The summed E-state index contributed by atoms with van der Waals surface area (Å²) < 4.78 is 19.4. The minimum Gasteiger partial charge on any atom is -0.462 e. The Bertz CT molecular complexity index is 911. The molecule has 1 aromatic heterocycles. The normalized spacial score (nSPS) is 26.4. The van der Waals surface area contributed by atoms with Gasteiger partial charge in [-0.25, -0.2) is 9.18 Å². The van der Waals surface area contributed by atoms with E-state index >= 15 is 0 Å². The molecule has 1 saturated heterocycles. The van der Waals surface area contributed by atoms with E-state index in [2.05, 4.69) is 30.7 Å². The number of esters is 1. The van der Waals surface area contributed by atoms with Crippen LogP contribution in [0.5, 0.6) is 0 Å². The SMILES string of the molecule is CCOC(=O)c1cnc2ccc(F)cc2c1N1C[C@@]2(C)C[C@H]1CC(C)(C)C2. The lowest BCUT2D eigenvalue weighted by atomic mass is 9.65. The molecule has 4 rings (SSSR count). The summed E-state index contributed by atoms with van der Waals surface area (Å²) in [4.78, 5) is 19.4. The fourth-order valence-electron chi connectivity index (χ4n) is 5.54. The number of anilines is 1. The van der Waals surface area contributed by atoms with E-state index in [9.17, 15) is 9.18 Å². The summed E-state index contributed by atoms with van der Waals surface area (Å²) in [6.07, 6.45) is 4.89. The number of benzene rings is 1. The molecule has 1 aliphatic heterocycles. The molecule has 0 N–H and O–H groups in total. The van der Waals surface area contributed by atoms with Gasteiger partial charge in [-0.05, 0) is 55.2 Å². The standard InChI is InChI=1S/C22H27FN2O2/c1-5-27-20(26)17-11-24-18-7-6-14(23)8-16(18)19(17)25-13-22(4)10-15(25)9-21(2,3)12-22/h6-8,11,15H,5,9-10,12-13H2,1-4H3/t15-,22+/m1/s1. The van der Waals surface area contributed by atoms with Crippen molar-refractivity contribution in [2.24, 2.45) is 10.8 Å². The molecule has 5 heteroatoms. The Labute approximate surface area is 159 Å². The molecule has 1 aromatic carbocycles. The smallest absolute Gasteiger partial charge is 0.341 e. The van der Waals surface area contributed by atoms with Crippen molar-refractivity contribution < 1.29 is 13.9 Å². The Morgan fingerprint density at radius 1 is 1.33 bits per heavy atom. The molecule has 0 spiro atoms. The maximum Gasteiger partial charge on any atom is 0.341 e. The Morgan fingerprint density at radius 3 is 2.85 bits per heavy atom. The number of hydrogen-bond acceptors (Lipinski definition) is 4. The van der Waals surface area contributed by atoms with Crippen molar-refractivity contribution in [3.63, 3.8) is 0 Å². The topological polar surface area (TPSA) is 42.4 Å². The summed E-state index contributed by atoms with van der Waals surface area (Å²) >= 11 is 0. The van der Waals surface area contributed by atoms with Crippen LogP contribution < -0.4 is 4.90 Å². The third kappa shape index (κ3) is 3.17. The molecule has 2 atom stereocenters. The van der Waals surface area contributed by atoms with Gasteiger partial charge in [0.25, 0.3) is 0 Å². The Kier molecular flexibility index (Phi) is 4.17.